The lowest BCUT2D eigenvalue weighted by Gasteiger charge is -2.29. The Morgan fingerprint density at radius 2 is 1.87 bits per heavy atom. The summed E-state index contributed by atoms with van der Waals surface area (Å²) in [7, 11) is 1.75. The monoisotopic (exact) mass is 425 g/mol. The van der Waals surface area contributed by atoms with Crippen LogP contribution in [-0.4, -0.2) is 53.1 Å². The van der Waals surface area contributed by atoms with Crippen LogP contribution in [0, 0.1) is 13.8 Å². The first kappa shape index (κ1) is 20.3. The summed E-state index contributed by atoms with van der Waals surface area (Å²) in [5.74, 6) is 2.04. The lowest BCUT2D eigenvalue weighted by Crippen LogP contribution is -2.42. The number of thioether (sulfide) groups is 1. The zero-order chi connectivity index (χ0) is 21.1. The third kappa shape index (κ3) is 4.76. The molecule has 0 N–H and O–H groups in total. The van der Waals surface area contributed by atoms with Gasteiger partial charge < -0.3 is 18.8 Å². The maximum Gasteiger partial charge on any atom is 0.277 e. The SMILES string of the molecule is Cc1cc(C)cc(-c2nnc(SCC(=O)N(C)CC3COc4ccccc4O3)o2)c1. The number of carbonyl (C=O) groups excluding carboxylic acids is 1. The van der Waals surface area contributed by atoms with Crippen LogP contribution >= 0.6 is 11.8 Å². The van der Waals surface area contributed by atoms with E-state index in [1.807, 2.05) is 50.2 Å². The number of likely N-dealkylation sites (N-methyl/N-ethyl adjacent to an activating group) is 1. The average Bonchev–Trinajstić information content (AvgIpc) is 3.20. The first-order valence-corrected chi connectivity index (χ1v) is 10.6. The third-order valence-corrected chi connectivity index (χ3v) is 5.47. The van der Waals surface area contributed by atoms with Crippen LogP contribution in [0.1, 0.15) is 11.1 Å². The van der Waals surface area contributed by atoms with E-state index in [1.54, 1.807) is 11.9 Å². The van der Waals surface area contributed by atoms with Gasteiger partial charge in [-0.05, 0) is 38.1 Å². The van der Waals surface area contributed by atoms with Crippen molar-refractivity contribution in [1.29, 1.82) is 0 Å². The first-order chi connectivity index (χ1) is 14.5. The second kappa shape index (κ2) is 8.79. The van der Waals surface area contributed by atoms with E-state index in [-0.39, 0.29) is 17.8 Å². The van der Waals surface area contributed by atoms with Crippen LogP contribution in [0.3, 0.4) is 0 Å². The number of benzene rings is 2. The molecule has 3 aromatic rings. The lowest BCUT2D eigenvalue weighted by molar-refractivity contribution is -0.128. The molecule has 1 aliphatic rings. The molecule has 0 spiro atoms. The number of fused-ring (bicyclic) bond motifs is 1. The van der Waals surface area contributed by atoms with E-state index in [0.29, 0.717) is 30.0 Å². The number of aryl methyl sites for hydroxylation is 2. The molecule has 0 fully saturated rings. The summed E-state index contributed by atoms with van der Waals surface area (Å²) in [5, 5.41) is 8.53. The third-order valence-electron chi connectivity index (χ3n) is 4.66. The molecule has 2 aromatic carbocycles. The smallest absolute Gasteiger partial charge is 0.277 e. The van der Waals surface area contributed by atoms with Crippen molar-refractivity contribution in [1.82, 2.24) is 15.1 Å². The van der Waals surface area contributed by atoms with Crippen molar-refractivity contribution in [3.05, 3.63) is 53.6 Å². The van der Waals surface area contributed by atoms with Gasteiger partial charge in [-0.15, -0.1) is 10.2 Å². The number of amides is 1. The molecule has 0 saturated carbocycles. The minimum atomic E-state index is -0.210. The molecular formula is C22H23N3O4S. The number of rotatable bonds is 6. The number of ether oxygens (including phenoxy) is 2. The van der Waals surface area contributed by atoms with Gasteiger partial charge in [-0.25, -0.2) is 0 Å². The van der Waals surface area contributed by atoms with E-state index >= 15 is 0 Å². The molecule has 156 valence electrons. The van der Waals surface area contributed by atoms with Crippen LogP contribution < -0.4 is 9.47 Å². The molecule has 7 nitrogen and oxygen atoms in total. The van der Waals surface area contributed by atoms with E-state index in [2.05, 4.69) is 16.3 Å². The molecule has 2 heterocycles. The van der Waals surface area contributed by atoms with Gasteiger partial charge in [0, 0.05) is 12.6 Å². The molecule has 1 aliphatic heterocycles. The molecular weight excluding hydrogens is 402 g/mol. The number of aromatic nitrogens is 2. The van der Waals surface area contributed by atoms with Gasteiger partial charge in [0.05, 0.1) is 12.3 Å². The van der Waals surface area contributed by atoms with Gasteiger partial charge in [0.2, 0.25) is 11.8 Å². The molecule has 1 unspecified atom stereocenters. The Morgan fingerprint density at radius 3 is 2.63 bits per heavy atom. The Balaban J connectivity index is 1.30. The largest absolute Gasteiger partial charge is 0.486 e. The summed E-state index contributed by atoms with van der Waals surface area (Å²) in [6, 6.07) is 13.6. The first-order valence-electron chi connectivity index (χ1n) is 9.65. The molecule has 0 bridgehead atoms. The van der Waals surface area contributed by atoms with Crippen molar-refractivity contribution in [2.24, 2.45) is 0 Å². The van der Waals surface area contributed by atoms with Crippen molar-refractivity contribution >= 4 is 17.7 Å². The fourth-order valence-corrected chi connectivity index (χ4v) is 3.98. The molecule has 8 heteroatoms. The van der Waals surface area contributed by atoms with Crippen molar-refractivity contribution in [3.63, 3.8) is 0 Å². The molecule has 1 atom stereocenters. The van der Waals surface area contributed by atoms with Crippen molar-refractivity contribution in [3.8, 4) is 23.0 Å². The Hall–Kier alpha value is -3.00. The number of carbonyl (C=O) groups is 1. The molecule has 0 saturated heterocycles. The molecule has 30 heavy (non-hydrogen) atoms. The summed E-state index contributed by atoms with van der Waals surface area (Å²) < 4.78 is 17.4. The summed E-state index contributed by atoms with van der Waals surface area (Å²) in [5.41, 5.74) is 3.14. The van der Waals surface area contributed by atoms with Crippen molar-refractivity contribution in [2.45, 2.75) is 25.2 Å². The van der Waals surface area contributed by atoms with E-state index < -0.39 is 0 Å². The number of para-hydroxylation sites is 2. The second-order valence-corrected chi connectivity index (χ2v) is 8.24. The molecule has 1 aromatic heterocycles. The van der Waals surface area contributed by atoms with Crippen LogP contribution in [0.5, 0.6) is 11.5 Å². The highest BCUT2D eigenvalue weighted by atomic mass is 32.2. The Kier molecular flexibility index (Phi) is 5.94. The predicted octanol–water partition coefficient (Wildman–Crippen LogP) is 3.74. The standard InChI is InChI=1S/C22H23N3O4S/c1-14-8-15(2)10-16(9-14)21-23-24-22(29-21)30-13-20(26)25(3)11-17-12-27-18-6-4-5-7-19(18)28-17/h4-10,17H,11-13H2,1-3H3. The minimum absolute atomic E-state index is 0.0476. The van der Waals surface area contributed by atoms with E-state index in [1.165, 1.54) is 11.8 Å². The van der Waals surface area contributed by atoms with Gasteiger partial charge in [-0.2, -0.15) is 0 Å². The molecule has 0 radical (unpaired) electrons. The van der Waals surface area contributed by atoms with Crippen LogP contribution in [0.2, 0.25) is 0 Å². The lowest BCUT2D eigenvalue weighted by atomic mass is 10.1. The van der Waals surface area contributed by atoms with Crippen LogP contribution in [0.25, 0.3) is 11.5 Å². The van der Waals surface area contributed by atoms with Gasteiger partial charge in [-0.3, -0.25) is 4.79 Å². The van der Waals surface area contributed by atoms with Gasteiger partial charge in [0.1, 0.15) is 6.61 Å². The maximum atomic E-state index is 12.5. The molecule has 4 rings (SSSR count). The van der Waals surface area contributed by atoms with Crippen LogP contribution in [0.15, 0.2) is 52.1 Å². The highest BCUT2D eigenvalue weighted by Gasteiger charge is 2.24. The summed E-state index contributed by atoms with van der Waals surface area (Å²) in [4.78, 5) is 14.2. The molecule has 1 amide bonds. The number of nitrogens with zero attached hydrogens (tertiary/aromatic N) is 3. The van der Waals surface area contributed by atoms with E-state index in [0.717, 1.165) is 22.4 Å². The summed E-state index contributed by atoms with van der Waals surface area (Å²) in [6.07, 6.45) is -0.210. The van der Waals surface area contributed by atoms with Crippen LogP contribution in [0.4, 0.5) is 0 Å². The van der Waals surface area contributed by atoms with E-state index in [9.17, 15) is 4.79 Å². The Labute approximate surface area is 179 Å². The van der Waals surface area contributed by atoms with Gasteiger partial charge >= 0.3 is 0 Å². The van der Waals surface area contributed by atoms with Gasteiger partial charge in [-0.1, -0.05) is 41.1 Å². The quantitative estimate of drug-likeness (QED) is 0.557. The summed E-state index contributed by atoms with van der Waals surface area (Å²) >= 11 is 1.23. The van der Waals surface area contributed by atoms with E-state index in [4.69, 9.17) is 13.9 Å². The second-order valence-electron chi connectivity index (χ2n) is 7.31. The normalized spacial score (nSPS) is 15.1. The Morgan fingerprint density at radius 1 is 1.13 bits per heavy atom. The number of hydrogen-bond donors (Lipinski definition) is 0. The van der Waals surface area contributed by atoms with Crippen LogP contribution in [-0.2, 0) is 4.79 Å². The summed E-state index contributed by atoms with van der Waals surface area (Å²) in [6.45, 7) is 4.89. The topological polar surface area (TPSA) is 77.7 Å². The predicted molar refractivity (Wildman–Crippen MR) is 114 cm³/mol. The fourth-order valence-electron chi connectivity index (χ4n) is 3.28. The van der Waals surface area contributed by atoms with Crippen molar-refractivity contribution < 1.29 is 18.7 Å². The highest BCUT2D eigenvalue weighted by Crippen LogP contribution is 2.31. The van der Waals surface area contributed by atoms with Gasteiger partial charge in [0.15, 0.2) is 17.6 Å². The zero-order valence-corrected chi connectivity index (χ0v) is 17.9. The fraction of sp³-hybridized carbons (Fsp3) is 0.318. The zero-order valence-electron chi connectivity index (χ0n) is 17.1. The Bertz CT molecular complexity index is 1030. The maximum absolute atomic E-state index is 12.5. The van der Waals surface area contributed by atoms with Gasteiger partial charge in [0.25, 0.3) is 5.22 Å². The minimum Gasteiger partial charge on any atom is -0.486 e. The number of hydrogen-bond acceptors (Lipinski definition) is 7. The highest BCUT2D eigenvalue weighted by molar-refractivity contribution is 7.99. The average molecular weight is 426 g/mol. The van der Waals surface area contributed by atoms with Crippen molar-refractivity contribution in [2.75, 3.05) is 26.0 Å². The molecule has 0 aliphatic carbocycles.